The Balaban J connectivity index is 2.72. The zero-order chi connectivity index (χ0) is 9.47. The Hall–Kier alpha value is -1.42. The zero-order valence-corrected chi connectivity index (χ0v) is 7.57. The van der Waals surface area contributed by atoms with E-state index in [9.17, 15) is 5.11 Å². The Morgan fingerprint density at radius 3 is 2.92 bits per heavy atom. The monoisotopic (exact) mass is 177 g/mol. The maximum Gasteiger partial charge on any atom is 0.101 e. The summed E-state index contributed by atoms with van der Waals surface area (Å²) >= 11 is 0. The van der Waals surface area contributed by atoms with Crippen LogP contribution in [0.1, 0.15) is 19.5 Å². The van der Waals surface area contributed by atoms with E-state index in [2.05, 4.69) is 15.2 Å². The summed E-state index contributed by atoms with van der Waals surface area (Å²) in [6, 6.07) is 1.81. The van der Waals surface area contributed by atoms with E-state index in [0.717, 1.165) is 10.9 Å². The number of hydrogen-bond donors (Lipinski definition) is 2. The second kappa shape index (κ2) is 2.53. The van der Waals surface area contributed by atoms with Gasteiger partial charge in [0.25, 0.3) is 0 Å². The molecule has 0 spiro atoms. The highest BCUT2D eigenvalue weighted by atomic mass is 16.3. The van der Waals surface area contributed by atoms with Crippen LogP contribution < -0.4 is 0 Å². The van der Waals surface area contributed by atoms with E-state index >= 15 is 0 Å². The van der Waals surface area contributed by atoms with Gasteiger partial charge in [-0.3, -0.25) is 10.1 Å². The van der Waals surface area contributed by atoms with Gasteiger partial charge >= 0.3 is 0 Å². The van der Waals surface area contributed by atoms with Crippen molar-refractivity contribution in [3.8, 4) is 0 Å². The average Bonchev–Trinajstić information content (AvgIpc) is 2.45. The number of aromatic nitrogens is 3. The molecule has 0 fully saturated rings. The first-order valence-electron chi connectivity index (χ1n) is 4.10. The quantitative estimate of drug-likeness (QED) is 0.687. The number of pyridine rings is 1. The van der Waals surface area contributed by atoms with Crippen molar-refractivity contribution in [2.75, 3.05) is 0 Å². The van der Waals surface area contributed by atoms with Crippen LogP contribution in [0.15, 0.2) is 18.5 Å². The topological polar surface area (TPSA) is 61.8 Å². The lowest BCUT2D eigenvalue weighted by atomic mass is 10.0. The summed E-state index contributed by atoms with van der Waals surface area (Å²) in [5.41, 5.74) is 0.625. The standard InChI is InChI=1S/C9H11N3O/c1-9(2,13)8-6-5-10-4-3-7(6)11-12-8/h3-5,13H,1-2H3,(H,11,12). The molecule has 68 valence electrons. The Morgan fingerprint density at radius 1 is 1.46 bits per heavy atom. The highest BCUT2D eigenvalue weighted by Gasteiger charge is 2.21. The molecule has 0 aliphatic rings. The summed E-state index contributed by atoms with van der Waals surface area (Å²) in [7, 11) is 0. The number of rotatable bonds is 1. The molecular weight excluding hydrogens is 166 g/mol. The van der Waals surface area contributed by atoms with Crippen LogP contribution in [0, 0.1) is 0 Å². The molecule has 2 heterocycles. The van der Waals surface area contributed by atoms with Crippen LogP contribution in [0.25, 0.3) is 10.9 Å². The molecule has 0 saturated heterocycles. The maximum atomic E-state index is 9.78. The van der Waals surface area contributed by atoms with Gasteiger partial charge in [-0.25, -0.2) is 0 Å². The van der Waals surface area contributed by atoms with Gasteiger partial charge in [-0.1, -0.05) is 0 Å². The summed E-state index contributed by atoms with van der Waals surface area (Å²) in [5, 5.41) is 17.5. The third kappa shape index (κ3) is 1.29. The van der Waals surface area contributed by atoms with Crippen LogP contribution in [-0.2, 0) is 5.60 Å². The fourth-order valence-electron chi connectivity index (χ4n) is 1.32. The zero-order valence-electron chi connectivity index (χ0n) is 7.57. The molecule has 0 radical (unpaired) electrons. The lowest BCUT2D eigenvalue weighted by Gasteiger charge is -2.14. The smallest absolute Gasteiger partial charge is 0.101 e. The maximum absolute atomic E-state index is 9.78. The van der Waals surface area contributed by atoms with E-state index < -0.39 is 5.60 Å². The summed E-state index contributed by atoms with van der Waals surface area (Å²) < 4.78 is 0. The van der Waals surface area contributed by atoms with Crippen LogP contribution >= 0.6 is 0 Å². The van der Waals surface area contributed by atoms with Crippen molar-refractivity contribution in [1.29, 1.82) is 0 Å². The second-order valence-electron chi connectivity index (χ2n) is 3.55. The van der Waals surface area contributed by atoms with Gasteiger partial charge in [-0.05, 0) is 19.9 Å². The Morgan fingerprint density at radius 2 is 2.23 bits per heavy atom. The van der Waals surface area contributed by atoms with Crippen molar-refractivity contribution in [3.05, 3.63) is 24.2 Å². The largest absolute Gasteiger partial charge is 0.384 e. The molecule has 4 heteroatoms. The van der Waals surface area contributed by atoms with Crippen LogP contribution in [0.3, 0.4) is 0 Å². The predicted octanol–water partition coefficient (Wildman–Crippen LogP) is 1.19. The fraction of sp³-hybridized carbons (Fsp3) is 0.333. The molecule has 2 aromatic heterocycles. The van der Waals surface area contributed by atoms with Crippen molar-refractivity contribution in [1.82, 2.24) is 15.2 Å². The van der Waals surface area contributed by atoms with E-state index in [0.29, 0.717) is 5.69 Å². The van der Waals surface area contributed by atoms with Gasteiger partial charge in [0, 0.05) is 17.8 Å². The number of aromatic amines is 1. The normalized spacial score (nSPS) is 12.2. The number of hydrogen-bond acceptors (Lipinski definition) is 3. The summed E-state index contributed by atoms with van der Waals surface area (Å²) in [6.07, 6.45) is 3.38. The lowest BCUT2D eigenvalue weighted by Crippen LogP contribution is -2.16. The first-order chi connectivity index (χ1) is 6.09. The molecule has 4 nitrogen and oxygen atoms in total. The molecule has 2 rings (SSSR count). The Kier molecular flexibility index (Phi) is 1.60. The van der Waals surface area contributed by atoms with Crippen LogP contribution in [-0.4, -0.2) is 20.3 Å². The summed E-state index contributed by atoms with van der Waals surface area (Å²) in [5.74, 6) is 0. The first kappa shape index (κ1) is 8.19. The molecule has 0 saturated carbocycles. The predicted molar refractivity (Wildman–Crippen MR) is 49.1 cm³/mol. The highest BCUT2D eigenvalue weighted by Crippen LogP contribution is 2.24. The second-order valence-corrected chi connectivity index (χ2v) is 3.55. The van der Waals surface area contributed by atoms with Crippen molar-refractivity contribution in [2.45, 2.75) is 19.4 Å². The number of nitrogens with one attached hydrogen (secondary N) is 1. The number of nitrogens with zero attached hydrogens (tertiary/aromatic N) is 2. The number of aliphatic hydroxyl groups is 1. The van der Waals surface area contributed by atoms with Gasteiger partial charge in [0.1, 0.15) is 5.60 Å². The minimum Gasteiger partial charge on any atom is -0.384 e. The molecule has 0 atom stereocenters. The SMILES string of the molecule is CC(C)(O)c1[nH]nc2ccncc12. The summed E-state index contributed by atoms with van der Waals surface area (Å²) in [6.45, 7) is 3.43. The molecule has 2 N–H and O–H groups in total. The molecule has 0 bridgehead atoms. The van der Waals surface area contributed by atoms with Gasteiger partial charge < -0.3 is 5.11 Å². The molecule has 13 heavy (non-hydrogen) atoms. The molecule has 0 aliphatic carbocycles. The number of fused-ring (bicyclic) bond motifs is 1. The van der Waals surface area contributed by atoms with Gasteiger partial charge in [-0.15, -0.1) is 0 Å². The van der Waals surface area contributed by atoms with Gasteiger partial charge in [0.15, 0.2) is 0 Å². The van der Waals surface area contributed by atoms with E-state index in [4.69, 9.17) is 0 Å². The minimum atomic E-state index is -0.905. The molecule has 2 aromatic rings. The molecular formula is C9H11N3O. The summed E-state index contributed by atoms with van der Waals surface area (Å²) in [4.78, 5) is 3.99. The highest BCUT2D eigenvalue weighted by molar-refractivity contribution is 5.80. The van der Waals surface area contributed by atoms with Crippen LogP contribution in [0.4, 0.5) is 0 Å². The van der Waals surface area contributed by atoms with E-state index in [1.165, 1.54) is 0 Å². The third-order valence-corrected chi connectivity index (χ3v) is 1.97. The lowest BCUT2D eigenvalue weighted by molar-refractivity contribution is 0.0753. The third-order valence-electron chi connectivity index (χ3n) is 1.97. The molecule has 0 unspecified atom stereocenters. The van der Waals surface area contributed by atoms with Crippen molar-refractivity contribution in [3.63, 3.8) is 0 Å². The van der Waals surface area contributed by atoms with E-state index in [-0.39, 0.29) is 0 Å². The van der Waals surface area contributed by atoms with Gasteiger partial charge in [0.2, 0.25) is 0 Å². The van der Waals surface area contributed by atoms with E-state index in [1.807, 2.05) is 0 Å². The van der Waals surface area contributed by atoms with Crippen molar-refractivity contribution >= 4 is 10.9 Å². The average molecular weight is 177 g/mol. The van der Waals surface area contributed by atoms with Crippen molar-refractivity contribution in [2.24, 2.45) is 0 Å². The Bertz CT molecular complexity index is 428. The minimum absolute atomic E-state index is 0.704. The van der Waals surface area contributed by atoms with Gasteiger partial charge in [-0.2, -0.15) is 5.10 Å². The van der Waals surface area contributed by atoms with Crippen LogP contribution in [0.5, 0.6) is 0 Å². The number of H-pyrrole nitrogens is 1. The van der Waals surface area contributed by atoms with Crippen molar-refractivity contribution < 1.29 is 5.11 Å². The molecule has 0 amide bonds. The van der Waals surface area contributed by atoms with Crippen LogP contribution in [0.2, 0.25) is 0 Å². The van der Waals surface area contributed by atoms with Gasteiger partial charge in [0.05, 0.1) is 11.2 Å². The van der Waals surface area contributed by atoms with E-state index in [1.54, 1.807) is 32.3 Å². The molecule has 0 aliphatic heterocycles. The molecule has 0 aromatic carbocycles. The fourth-order valence-corrected chi connectivity index (χ4v) is 1.32. The Labute approximate surface area is 75.6 Å². The first-order valence-corrected chi connectivity index (χ1v) is 4.10.